The molecule has 0 aromatic heterocycles. The van der Waals surface area contributed by atoms with Gasteiger partial charge in [-0.3, -0.25) is 0 Å². The molecule has 2 aliphatic carbocycles. The van der Waals surface area contributed by atoms with Crippen LogP contribution in [0, 0.1) is 29.1 Å². The summed E-state index contributed by atoms with van der Waals surface area (Å²) in [5, 5.41) is 11.8. The Morgan fingerprint density at radius 3 is 2.37 bits per heavy atom. The maximum absolute atomic E-state index is 7.92. The van der Waals surface area contributed by atoms with Crippen LogP contribution in [-0.2, 0) is 0 Å². The van der Waals surface area contributed by atoms with Gasteiger partial charge in [0, 0.05) is 17.2 Å². The van der Waals surface area contributed by atoms with E-state index in [-0.39, 0.29) is 5.54 Å². The molecule has 1 unspecified atom stereocenters. The molecule has 3 atom stereocenters. The molecule has 19 heavy (non-hydrogen) atoms. The Morgan fingerprint density at radius 2 is 1.89 bits per heavy atom. The summed E-state index contributed by atoms with van der Waals surface area (Å²) in [5.41, 5.74) is 1.15. The summed E-state index contributed by atoms with van der Waals surface area (Å²) in [5.74, 6) is 2.98. The lowest BCUT2D eigenvalue weighted by molar-refractivity contribution is 0.304. The number of hydrogen-bond acceptors (Lipinski definition) is 2. The van der Waals surface area contributed by atoms with Crippen LogP contribution in [0.2, 0.25) is 0 Å². The predicted molar refractivity (Wildman–Crippen MR) is 82.8 cm³/mol. The van der Waals surface area contributed by atoms with E-state index in [0.717, 1.165) is 30.0 Å². The van der Waals surface area contributed by atoms with Crippen LogP contribution in [0.5, 0.6) is 0 Å². The Bertz CT molecular complexity index is 317. The minimum Gasteiger partial charge on any atom is -0.310 e. The summed E-state index contributed by atoms with van der Waals surface area (Å²) in [7, 11) is 0. The molecule has 2 heteroatoms. The summed E-state index contributed by atoms with van der Waals surface area (Å²) < 4.78 is 0. The van der Waals surface area contributed by atoms with Crippen LogP contribution in [0.15, 0.2) is 0 Å². The second-order valence-electron chi connectivity index (χ2n) is 7.60. The molecule has 2 aliphatic rings. The summed E-state index contributed by atoms with van der Waals surface area (Å²) in [4.78, 5) is 0. The van der Waals surface area contributed by atoms with Crippen LogP contribution >= 0.6 is 0 Å². The van der Waals surface area contributed by atoms with Gasteiger partial charge in [-0.15, -0.1) is 0 Å². The van der Waals surface area contributed by atoms with Gasteiger partial charge in [-0.05, 0) is 44.1 Å². The quantitative estimate of drug-likeness (QED) is 0.663. The van der Waals surface area contributed by atoms with Crippen LogP contribution in [-0.4, -0.2) is 17.8 Å². The highest BCUT2D eigenvalue weighted by atomic mass is 15.0. The van der Waals surface area contributed by atoms with Gasteiger partial charge in [-0.25, -0.2) is 0 Å². The maximum Gasteiger partial charge on any atom is 0.0271 e. The van der Waals surface area contributed by atoms with Crippen molar-refractivity contribution < 1.29 is 0 Å². The fourth-order valence-electron chi connectivity index (χ4n) is 4.15. The zero-order valence-electron chi connectivity index (χ0n) is 13.3. The van der Waals surface area contributed by atoms with Gasteiger partial charge < -0.3 is 10.7 Å². The van der Waals surface area contributed by atoms with Crippen molar-refractivity contribution in [1.82, 2.24) is 5.32 Å². The Balaban J connectivity index is 1.85. The molecular weight excluding hydrogens is 232 g/mol. The Hall–Kier alpha value is -0.370. The van der Waals surface area contributed by atoms with E-state index < -0.39 is 0 Å². The molecule has 0 aliphatic heterocycles. The van der Waals surface area contributed by atoms with Crippen LogP contribution in [0.1, 0.15) is 66.2 Å². The topological polar surface area (TPSA) is 35.9 Å². The van der Waals surface area contributed by atoms with E-state index in [9.17, 15) is 0 Å². The van der Waals surface area contributed by atoms with E-state index in [2.05, 4.69) is 26.1 Å². The number of hydrogen-bond donors (Lipinski definition) is 2. The summed E-state index contributed by atoms with van der Waals surface area (Å²) >= 11 is 0. The third-order valence-corrected chi connectivity index (χ3v) is 5.35. The largest absolute Gasteiger partial charge is 0.310 e. The van der Waals surface area contributed by atoms with Gasteiger partial charge in [-0.1, -0.05) is 46.5 Å². The predicted octanol–water partition coefficient (Wildman–Crippen LogP) is 4.25. The minimum absolute atomic E-state index is 0.271. The molecule has 2 nitrogen and oxygen atoms in total. The molecule has 110 valence electrons. The number of nitrogens with one attached hydrogen (secondary N) is 2. The van der Waals surface area contributed by atoms with E-state index in [4.69, 9.17) is 5.41 Å². The van der Waals surface area contributed by atoms with Gasteiger partial charge in [0.15, 0.2) is 0 Å². The number of rotatable bonds is 7. The van der Waals surface area contributed by atoms with Gasteiger partial charge in [0.25, 0.3) is 0 Å². The monoisotopic (exact) mass is 264 g/mol. The van der Waals surface area contributed by atoms with Gasteiger partial charge in [-0.2, -0.15) is 0 Å². The highest BCUT2D eigenvalue weighted by Crippen LogP contribution is 2.48. The second kappa shape index (κ2) is 5.95. The first-order valence-electron chi connectivity index (χ1n) is 8.24. The van der Waals surface area contributed by atoms with Gasteiger partial charge >= 0.3 is 0 Å². The minimum atomic E-state index is 0.271. The Morgan fingerprint density at radius 1 is 1.26 bits per heavy atom. The van der Waals surface area contributed by atoms with Crippen molar-refractivity contribution >= 4 is 5.71 Å². The van der Waals surface area contributed by atoms with E-state index in [1.807, 2.05) is 6.92 Å². The normalized spacial score (nSPS) is 32.8. The van der Waals surface area contributed by atoms with Crippen molar-refractivity contribution in [2.24, 2.45) is 23.7 Å². The first kappa shape index (κ1) is 15.0. The highest BCUT2D eigenvalue weighted by molar-refractivity contribution is 5.86. The van der Waals surface area contributed by atoms with Gasteiger partial charge in [0.2, 0.25) is 0 Å². The first-order valence-corrected chi connectivity index (χ1v) is 8.24. The van der Waals surface area contributed by atoms with Crippen molar-refractivity contribution in [3.05, 3.63) is 0 Å². The van der Waals surface area contributed by atoms with E-state index in [0.29, 0.717) is 5.92 Å². The second-order valence-corrected chi connectivity index (χ2v) is 7.60. The summed E-state index contributed by atoms with van der Waals surface area (Å²) in [6.45, 7) is 10.2. The molecule has 2 saturated carbocycles. The van der Waals surface area contributed by atoms with E-state index >= 15 is 0 Å². The van der Waals surface area contributed by atoms with Crippen LogP contribution in [0.3, 0.4) is 0 Å². The molecule has 2 N–H and O–H groups in total. The van der Waals surface area contributed by atoms with Crippen molar-refractivity contribution in [3.8, 4) is 0 Å². The van der Waals surface area contributed by atoms with Crippen molar-refractivity contribution in [2.45, 2.75) is 71.8 Å². The van der Waals surface area contributed by atoms with Crippen molar-refractivity contribution in [1.29, 1.82) is 5.41 Å². The van der Waals surface area contributed by atoms with E-state index in [1.165, 1.54) is 38.5 Å². The molecule has 0 saturated heterocycles. The summed E-state index contributed by atoms with van der Waals surface area (Å²) in [6.07, 6.45) is 8.17. The average molecular weight is 264 g/mol. The standard InChI is InChI=1S/C17H32N2/c1-12(2)9-17(10-16(17)14(4)18)19-11-13(3)15-7-5-6-8-15/h12-13,15-16,18-19H,5-11H2,1-4H3/t13-,16?,17+/m1/s1. The van der Waals surface area contributed by atoms with Crippen LogP contribution in [0.25, 0.3) is 0 Å². The average Bonchev–Trinajstić information content (AvgIpc) is 2.79. The molecule has 2 rings (SSSR count). The summed E-state index contributed by atoms with van der Waals surface area (Å²) in [6, 6.07) is 0. The fraction of sp³-hybridized carbons (Fsp3) is 0.941. The molecule has 0 radical (unpaired) electrons. The lowest BCUT2D eigenvalue weighted by atomic mass is 9.91. The first-order chi connectivity index (χ1) is 8.94. The van der Waals surface area contributed by atoms with Crippen molar-refractivity contribution in [2.75, 3.05) is 6.54 Å². The molecule has 0 heterocycles. The Labute approximate surface area is 119 Å². The SMILES string of the molecule is CC(=N)C1C[C@]1(CC(C)C)NC[C@@H](C)C1CCCC1. The van der Waals surface area contributed by atoms with Gasteiger partial charge in [0.1, 0.15) is 0 Å². The molecule has 0 aromatic rings. The zero-order chi connectivity index (χ0) is 14.0. The maximum atomic E-state index is 7.92. The third kappa shape index (κ3) is 3.59. The lowest BCUT2D eigenvalue weighted by Gasteiger charge is -2.26. The van der Waals surface area contributed by atoms with E-state index in [1.54, 1.807) is 0 Å². The third-order valence-electron chi connectivity index (χ3n) is 5.35. The van der Waals surface area contributed by atoms with Crippen LogP contribution < -0.4 is 5.32 Å². The smallest absolute Gasteiger partial charge is 0.0271 e. The lowest BCUT2D eigenvalue weighted by Crippen LogP contribution is -2.40. The van der Waals surface area contributed by atoms with Crippen molar-refractivity contribution in [3.63, 3.8) is 0 Å². The highest BCUT2D eigenvalue weighted by Gasteiger charge is 2.54. The molecule has 2 fully saturated rings. The molecule has 0 aromatic carbocycles. The Kier molecular flexibility index (Phi) is 4.70. The molecule has 0 spiro atoms. The molecule has 0 bridgehead atoms. The fourth-order valence-corrected chi connectivity index (χ4v) is 4.15. The molecular formula is C17H32N2. The van der Waals surface area contributed by atoms with Gasteiger partial charge in [0.05, 0.1) is 0 Å². The van der Waals surface area contributed by atoms with Crippen LogP contribution in [0.4, 0.5) is 0 Å². The zero-order valence-corrected chi connectivity index (χ0v) is 13.3. The molecule has 0 amide bonds.